The molecule has 0 atom stereocenters. The molecule has 7 aromatic rings. The highest BCUT2D eigenvalue weighted by Crippen LogP contribution is 2.49. The van der Waals surface area contributed by atoms with Gasteiger partial charge in [-0.1, -0.05) is 97.1 Å². The first-order valence-corrected chi connectivity index (χ1v) is 17.8. The zero-order valence-electron chi connectivity index (χ0n) is 25.7. The van der Waals surface area contributed by atoms with Crippen molar-refractivity contribution in [3.05, 3.63) is 126 Å². The van der Waals surface area contributed by atoms with E-state index in [4.69, 9.17) is 4.42 Å². The highest BCUT2D eigenvalue weighted by molar-refractivity contribution is 7.26. The number of hydrogen-bond donors (Lipinski definition) is 0. The molecule has 45 heavy (non-hydrogen) atoms. The van der Waals surface area contributed by atoms with Gasteiger partial charge in [-0.15, -0.1) is 11.3 Å². The fraction of sp³-hybridized carbons (Fsp3) is 0.286. The van der Waals surface area contributed by atoms with E-state index in [0.29, 0.717) is 23.9 Å². The van der Waals surface area contributed by atoms with Crippen molar-refractivity contribution in [3.8, 4) is 0 Å². The van der Waals surface area contributed by atoms with E-state index in [0.717, 1.165) is 11.2 Å². The van der Waals surface area contributed by atoms with Crippen LogP contribution in [0.5, 0.6) is 0 Å². The van der Waals surface area contributed by atoms with Gasteiger partial charge in [-0.3, -0.25) is 0 Å². The van der Waals surface area contributed by atoms with Crippen molar-refractivity contribution in [1.29, 1.82) is 0 Å². The number of rotatable bonds is 5. The van der Waals surface area contributed by atoms with E-state index in [2.05, 4.69) is 120 Å². The Bertz CT molecular complexity index is 2030. The van der Waals surface area contributed by atoms with Gasteiger partial charge < -0.3 is 9.32 Å². The Kier molecular flexibility index (Phi) is 6.89. The molecule has 2 nitrogen and oxygen atoms in total. The third-order valence-corrected chi connectivity index (χ3v) is 12.2. The number of benzene rings is 5. The van der Waals surface area contributed by atoms with Gasteiger partial charge in [-0.2, -0.15) is 0 Å². The van der Waals surface area contributed by atoms with Crippen molar-refractivity contribution in [2.24, 2.45) is 0 Å². The van der Waals surface area contributed by atoms with Crippen LogP contribution in [-0.4, -0.2) is 12.1 Å². The van der Waals surface area contributed by atoms with Gasteiger partial charge in [0.15, 0.2) is 5.58 Å². The van der Waals surface area contributed by atoms with Crippen LogP contribution in [-0.2, 0) is 0 Å². The summed E-state index contributed by atoms with van der Waals surface area (Å²) in [5.74, 6) is 1.32. The minimum absolute atomic E-state index is 0.516. The normalized spacial score (nSPS) is 22.4. The summed E-state index contributed by atoms with van der Waals surface area (Å²) < 4.78 is 9.61. The van der Waals surface area contributed by atoms with Crippen LogP contribution in [0.15, 0.2) is 120 Å². The number of fused-ring (bicyclic) bond motifs is 7. The van der Waals surface area contributed by atoms with Crippen LogP contribution in [0.1, 0.15) is 74.3 Å². The van der Waals surface area contributed by atoms with Crippen LogP contribution in [0.3, 0.4) is 0 Å². The Labute approximate surface area is 269 Å². The van der Waals surface area contributed by atoms with Crippen molar-refractivity contribution < 1.29 is 4.42 Å². The van der Waals surface area contributed by atoms with Crippen molar-refractivity contribution >= 4 is 59.1 Å². The second-order valence-electron chi connectivity index (χ2n) is 13.4. The maximum atomic E-state index is 6.90. The standard InChI is InChI=1S/C42H39NOS/c1-3-11-28(12-4-1)30-19-23-32(24-20-30)43(33-25-21-31(22-26-33)29-13-5-2-6-14-29)37-27-36-34-15-8-10-18-39(34)45-42(36)40-35-16-7-9-17-38(35)44-41(37)40/h1-18,27,30-33H,19-26H2. The molecule has 5 aromatic carbocycles. The van der Waals surface area contributed by atoms with Crippen LogP contribution >= 0.6 is 11.3 Å². The lowest BCUT2D eigenvalue weighted by atomic mass is 9.78. The molecule has 0 spiro atoms. The zero-order valence-corrected chi connectivity index (χ0v) is 26.5. The molecule has 9 rings (SSSR count). The molecule has 2 fully saturated rings. The minimum atomic E-state index is 0.516. The molecule has 0 aliphatic heterocycles. The molecule has 0 N–H and O–H groups in total. The average molecular weight is 606 g/mol. The molecule has 3 heteroatoms. The van der Waals surface area contributed by atoms with E-state index in [9.17, 15) is 0 Å². The molecule has 2 aliphatic carbocycles. The quantitative estimate of drug-likeness (QED) is 0.194. The molecule has 2 saturated carbocycles. The van der Waals surface area contributed by atoms with Gasteiger partial charge >= 0.3 is 0 Å². The van der Waals surface area contributed by atoms with E-state index < -0.39 is 0 Å². The van der Waals surface area contributed by atoms with E-state index in [1.165, 1.54) is 99.1 Å². The average Bonchev–Trinajstić information content (AvgIpc) is 3.69. The number of furan rings is 1. The number of thiophene rings is 1. The van der Waals surface area contributed by atoms with Gasteiger partial charge in [0.1, 0.15) is 5.58 Å². The molecule has 2 aliphatic rings. The summed E-state index contributed by atoms with van der Waals surface area (Å²) in [7, 11) is 0. The Morgan fingerprint density at radius 1 is 0.533 bits per heavy atom. The maximum Gasteiger partial charge on any atom is 0.160 e. The number of hydrogen-bond acceptors (Lipinski definition) is 3. The Balaban J connectivity index is 1.17. The first-order valence-electron chi connectivity index (χ1n) is 17.0. The molecule has 0 bridgehead atoms. The monoisotopic (exact) mass is 605 g/mol. The van der Waals surface area contributed by atoms with Crippen molar-refractivity contribution in [1.82, 2.24) is 0 Å². The lowest BCUT2D eigenvalue weighted by Gasteiger charge is -2.45. The molecular formula is C42H39NOS. The van der Waals surface area contributed by atoms with Crippen LogP contribution in [0.25, 0.3) is 42.1 Å². The molecule has 0 saturated heterocycles. The smallest absolute Gasteiger partial charge is 0.160 e. The Morgan fingerprint density at radius 2 is 1.07 bits per heavy atom. The van der Waals surface area contributed by atoms with Crippen molar-refractivity contribution in [2.45, 2.75) is 75.3 Å². The third-order valence-electron chi connectivity index (χ3n) is 11.0. The van der Waals surface area contributed by atoms with Crippen LogP contribution in [0, 0.1) is 0 Å². The van der Waals surface area contributed by atoms with Crippen LogP contribution in [0.2, 0.25) is 0 Å². The fourth-order valence-electron chi connectivity index (χ4n) is 8.76. The first-order chi connectivity index (χ1) is 22.3. The van der Waals surface area contributed by atoms with Gasteiger partial charge in [0.05, 0.1) is 5.69 Å². The summed E-state index contributed by atoms with van der Waals surface area (Å²) in [6.45, 7) is 0. The van der Waals surface area contributed by atoms with E-state index in [1.807, 2.05) is 11.3 Å². The van der Waals surface area contributed by atoms with E-state index in [1.54, 1.807) is 0 Å². The van der Waals surface area contributed by atoms with Crippen molar-refractivity contribution in [2.75, 3.05) is 4.90 Å². The maximum absolute atomic E-state index is 6.90. The van der Waals surface area contributed by atoms with Crippen molar-refractivity contribution in [3.63, 3.8) is 0 Å². The molecule has 0 amide bonds. The number of para-hydroxylation sites is 1. The highest BCUT2D eigenvalue weighted by Gasteiger charge is 2.36. The molecule has 0 radical (unpaired) electrons. The largest absolute Gasteiger partial charge is 0.454 e. The Morgan fingerprint density at radius 3 is 1.69 bits per heavy atom. The predicted molar refractivity (Wildman–Crippen MR) is 192 cm³/mol. The number of anilines is 1. The highest BCUT2D eigenvalue weighted by atomic mass is 32.1. The van der Waals surface area contributed by atoms with E-state index in [-0.39, 0.29) is 0 Å². The summed E-state index contributed by atoms with van der Waals surface area (Å²) in [4.78, 5) is 2.89. The molecule has 2 aromatic heterocycles. The second-order valence-corrected chi connectivity index (χ2v) is 14.5. The van der Waals surface area contributed by atoms with Gasteiger partial charge in [-0.25, -0.2) is 0 Å². The van der Waals surface area contributed by atoms with Gasteiger partial charge in [-0.05, 0) is 92.5 Å². The molecular weight excluding hydrogens is 567 g/mol. The number of nitrogens with zero attached hydrogens (tertiary/aromatic N) is 1. The Hall–Kier alpha value is -4.08. The zero-order chi connectivity index (χ0) is 29.7. The van der Waals surface area contributed by atoms with Gasteiger partial charge in [0.2, 0.25) is 0 Å². The summed E-state index contributed by atoms with van der Waals surface area (Å²) in [5, 5.41) is 5.30. The summed E-state index contributed by atoms with van der Waals surface area (Å²) in [5.41, 5.74) is 6.43. The minimum Gasteiger partial charge on any atom is -0.454 e. The molecule has 2 heterocycles. The summed E-state index contributed by atoms with van der Waals surface area (Å²) >= 11 is 1.92. The predicted octanol–water partition coefficient (Wildman–Crippen LogP) is 12.2. The van der Waals surface area contributed by atoms with Crippen LogP contribution < -0.4 is 4.90 Å². The third kappa shape index (κ3) is 4.75. The molecule has 224 valence electrons. The second kappa shape index (κ2) is 11.4. The lowest BCUT2D eigenvalue weighted by molar-refractivity contribution is 0.310. The topological polar surface area (TPSA) is 16.4 Å². The summed E-state index contributed by atoms with van der Waals surface area (Å²) in [6, 6.07) is 43.6. The SMILES string of the molecule is c1ccc(C2CCC(N(c3cc4c5ccccc5sc4c4c3oc3ccccc34)C3CCC(c4ccccc4)CC3)CC2)cc1. The summed E-state index contributed by atoms with van der Waals surface area (Å²) in [6.07, 6.45) is 9.89. The first kappa shape index (κ1) is 27.2. The van der Waals surface area contributed by atoms with Crippen LogP contribution in [0.4, 0.5) is 5.69 Å². The van der Waals surface area contributed by atoms with Gasteiger partial charge in [0, 0.05) is 43.0 Å². The van der Waals surface area contributed by atoms with Gasteiger partial charge in [0.25, 0.3) is 0 Å². The van der Waals surface area contributed by atoms with E-state index >= 15 is 0 Å². The molecule has 0 unspecified atom stereocenters. The fourth-order valence-corrected chi connectivity index (χ4v) is 9.99. The lowest BCUT2D eigenvalue weighted by Crippen LogP contribution is -2.46.